The first kappa shape index (κ1) is 26.1. The zero-order valence-corrected chi connectivity index (χ0v) is 19.9. The quantitative estimate of drug-likeness (QED) is 0.218. The average molecular weight is 538 g/mol. The van der Waals surface area contributed by atoms with Gasteiger partial charge in [-0.1, -0.05) is 0 Å². The van der Waals surface area contributed by atoms with Crippen LogP contribution < -0.4 is 18.9 Å². The summed E-state index contributed by atoms with van der Waals surface area (Å²) in [6.07, 6.45) is -4.76. The van der Waals surface area contributed by atoms with Gasteiger partial charge in [0.2, 0.25) is 0 Å². The second kappa shape index (κ2) is 11.0. The van der Waals surface area contributed by atoms with Crippen LogP contribution >= 0.6 is 0 Å². The maximum Gasteiger partial charge on any atom is 0.420 e. The molecule has 0 aliphatic carbocycles. The molecule has 0 N–H and O–H groups in total. The van der Waals surface area contributed by atoms with Gasteiger partial charge in [-0.25, -0.2) is 8.78 Å². The van der Waals surface area contributed by atoms with Gasteiger partial charge in [0.15, 0.2) is 0 Å². The highest BCUT2D eigenvalue weighted by molar-refractivity contribution is 5.42. The summed E-state index contributed by atoms with van der Waals surface area (Å²) in [4.78, 5) is 0. The highest BCUT2D eigenvalue weighted by Gasteiger charge is 2.35. The third-order valence-electron chi connectivity index (χ3n) is 5.76. The van der Waals surface area contributed by atoms with Gasteiger partial charge in [-0.2, -0.15) is 13.2 Å². The van der Waals surface area contributed by atoms with E-state index in [1.54, 1.807) is 6.07 Å². The first-order chi connectivity index (χ1) is 18.2. The van der Waals surface area contributed by atoms with E-state index in [1.807, 2.05) is 0 Å². The van der Waals surface area contributed by atoms with E-state index in [2.05, 4.69) is 0 Å². The van der Waals surface area contributed by atoms with Crippen molar-refractivity contribution in [2.24, 2.45) is 0 Å². The third-order valence-corrected chi connectivity index (χ3v) is 5.76. The maximum absolute atomic E-state index is 14.4. The molecule has 11 heteroatoms. The third kappa shape index (κ3) is 7.05. The van der Waals surface area contributed by atoms with Crippen molar-refractivity contribution in [1.29, 1.82) is 0 Å². The van der Waals surface area contributed by atoms with Crippen LogP contribution in [0.2, 0.25) is 0 Å². The first-order valence-corrected chi connectivity index (χ1v) is 11.8. The van der Waals surface area contributed by atoms with E-state index in [4.69, 9.17) is 28.4 Å². The topological polar surface area (TPSA) is 62.0 Å². The summed E-state index contributed by atoms with van der Waals surface area (Å²) in [5.74, 6) is -1.33. The fourth-order valence-electron chi connectivity index (χ4n) is 3.44. The van der Waals surface area contributed by atoms with Crippen molar-refractivity contribution in [2.75, 3.05) is 26.4 Å². The summed E-state index contributed by atoms with van der Waals surface area (Å²) < 4.78 is 102. The van der Waals surface area contributed by atoms with E-state index in [9.17, 15) is 22.0 Å². The van der Waals surface area contributed by atoms with Crippen LogP contribution in [0, 0.1) is 11.6 Å². The van der Waals surface area contributed by atoms with Crippen molar-refractivity contribution in [3.63, 3.8) is 0 Å². The molecular formula is C27H23F5O6. The molecule has 3 aromatic carbocycles. The van der Waals surface area contributed by atoms with Gasteiger partial charge in [0.05, 0.1) is 13.2 Å². The smallest absolute Gasteiger partial charge is 0.420 e. The largest absolute Gasteiger partial charge is 0.491 e. The van der Waals surface area contributed by atoms with Crippen molar-refractivity contribution in [2.45, 2.75) is 31.6 Å². The van der Waals surface area contributed by atoms with E-state index in [0.717, 1.165) is 18.2 Å². The number of ether oxygens (including phenoxy) is 6. The Hall–Kier alpha value is -3.57. The molecule has 202 valence electrons. The van der Waals surface area contributed by atoms with Gasteiger partial charge in [-0.15, -0.1) is 0 Å². The van der Waals surface area contributed by atoms with Crippen molar-refractivity contribution in [3.05, 3.63) is 82.9 Å². The molecule has 0 radical (unpaired) electrons. The standard InChI is InChI=1S/C27H23F5O6/c28-24-8-19(34-12-21-14-36-21)3-1-16(24)10-33-18-5-6-26(23(7-18)27(30,31)32)38-11-17-2-4-20(9-25(17)29)35-13-22-15-37-22/h1-9,21-22H,10-15H2. The lowest BCUT2D eigenvalue weighted by atomic mass is 10.1. The minimum Gasteiger partial charge on any atom is -0.491 e. The van der Waals surface area contributed by atoms with Gasteiger partial charge in [0.1, 0.15) is 78.8 Å². The van der Waals surface area contributed by atoms with Gasteiger partial charge in [-0.3, -0.25) is 0 Å². The Bertz CT molecular complexity index is 1270. The Morgan fingerprint density at radius 2 is 1.13 bits per heavy atom. The zero-order chi connectivity index (χ0) is 26.7. The predicted octanol–water partition coefficient (Wildman–Crippen LogP) is 5.70. The highest BCUT2D eigenvalue weighted by Crippen LogP contribution is 2.39. The SMILES string of the molecule is Fc1cc(OCC2CO2)ccc1COc1ccc(OCc2ccc(OCC3CO3)cc2F)c(C(F)(F)F)c1. The molecule has 2 saturated heterocycles. The lowest BCUT2D eigenvalue weighted by Crippen LogP contribution is -2.10. The molecule has 2 aliphatic heterocycles. The Labute approximate surface area is 214 Å². The lowest BCUT2D eigenvalue weighted by molar-refractivity contribution is -0.139. The molecule has 2 heterocycles. The molecule has 5 rings (SSSR count). The minimum absolute atomic E-state index is 0.000466. The van der Waals surface area contributed by atoms with Gasteiger partial charge in [0.25, 0.3) is 0 Å². The van der Waals surface area contributed by atoms with E-state index in [0.29, 0.717) is 32.2 Å². The summed E-state index contributed by atoms with van der Waals surface area (Å²) in [6.45, 7) is 1.06. The van der Waals surface area contributed by atoms with Crippen molar-refractivity contribution < 1.29 is 50.4 Å². The molecule has 2 unspecified atom stereocenters. The number of benzene rings is 3. The fraction of sp³-hybridized carbons (Fsp3) is 0.333. The summed E-state index contributed by atoms with van der Waals surface area (Å²) >= 11 is 0. The fourth-order valence-corrected chi connectivity index (χ4v) is 3.44. The molecule has 2 aliphatic rings. The van der Waals surface area contributed by atoms with Crippen LogP contribution in [0.4, 0.5) is 22.0 Å². The van der Waals surface area contributed by atoms with Gasteiger partial charge >= 0.3 is 6.18 Å². The monoisotopic (exact) mass is 538 g/mol. The van der Waals surface area contributed by atoms with Crippen molar-refractivity contribution >= 4 is 0 Å². The van der Waals surface area contributed by atoms with Crippen LogP contribution in [-0.2, 0) is 28.9 Å². The molecule has 2 atom stereocenters. The molecule has 0 bridgehead atoms. The van der Waals surface area contributed by atoms with Crippen LogP contribution in [0.25, 0.3) is 0 Å². The van der Waals surface area contributed by atoms with E-state index >= 15 is 0 Å². The predicted molar refractivity (Wildman–Crippen MR) is 123 cm³/mol. The number of hydrogen-bond acceptors (Lipinski definition) is 6. The van der Waals surface area contributed by atoms with Gasteiger partial charge < -0.3 is 28.4 Å². The second-order valence-corrected chi connectivity index (χ2v) is 8.77. The molecule has 3 aromatic rings. The molecule has 38 heavy (non-hydrogen) atoms. The Kier molecular flexibility index (Phi) is 7.57. The van der Waals surface area contributed by atoms with Crippen LogP contribution in [0.15, 0.2) is 54.6 Å². The zero-order valence-electron chi connectivity index (χ0n) is 19.9. The maximum atomic E-state index is 14.4. The van der Waals surface area contributed by atoms with Crippen LogP contribution in [-0.4, -0.2) is 38.6 Å². The van der Waals surface area contributed by atoms with Crippen LogP contribution in [0.1, 0.15) is 16.7 Å². The molecule has 0 saturated carbocycles. The highest BCUT2D eigenvalue weighted by atomic mass is 19.4. The molecule has 2 fully saturated rings. The molecular weight excluding hydrogens is 515 g/mol. The minimum atomic E-state index is -4.77. The number of alkyl halides is 3. The molecule has 0 amide bonds. The van der Waals surface area contributed by atoms with Crippen LogP contribution in [0.5, 0.6) is 23.0 Å². The summed E-state index contributed by atoms with van der Waals surface area (Å²) in [6, 6.07) is 11.3. The van der Waals surface area contributed by atoms with Crippen molar-refractivity contribution in [3.8, 4) is 23.0 Å². The number of halogens is 5. The molecule has 0 aromatic heterocycles. The Morgan fingerprint density at radius 1 is 0.658 bits per heavy atom. The summed E-state index contributed by atoms with van der Waals surface area (Å²) in [7, 11) is 0. The summed E-state index contributed by atoms with van der Waals surface area (Å²) in [5.41, 5.74) is -0.909. The normalized spacial score (nSPS) is 18.1. The first-order valence-electron chi connectivity index (χ1n) is 11.8. The second-order valence-electron chi connectivity index (χ2n) is 8.77. The van der Waals surface area contributed by atoms with Gasteiger partial charge in [0, 0.05) is 23.3 Å². The molecule has 6 nitrogen and oxygen atoms in total. The number of rotatable bonds is 12. The van der Waals surface area contributed by atoms with Gasteiger partial charge in [-0.05, 0) is 42.5 Å². The number of hydrogen-bond donors (Lipinski definition) is 0. The van der Waals surface area contributed by atoms with Crippen LogP contribution in [0.3, 0.4) is 0 Å². The molecule has 0 spiro atoms. The van der Waals surface area contributed by atoms with E-state index in [1.165, 1.54) is 30.3 Å². The van der Waals surface area contributed by atoms with Crippen molar-refractivity contribution in [1.82, 2.24) is 0 Å². The average Bonchev–Trinajstić information content (AvgIpc) is 3.80. The summed E-state index contributed by atoms with van der Waals surface area (Å²) in [5, 5.41) is 0. The Morgan fingerprint density at radius 3 is 1.61 bits per heavy atom. The lowest BCUT2D eigenvalue weighted by Gasteiger charge is -2.16. The van der Waals surface area contributed by atoms with E-state index in [-0.39, 0.29) is 41.4 Å². The van der Waals surface area contributed by atoms with E-state index < -0.39 is 35.7 Å². The number of epoxide rings is 2. The Balaban J connectivity index is 1.21.